The van der Waals surface area contributed by atoms with Crippen molar-refractivity contribution >= 4 is 5.97 Å². The summed E-state index contributed by atoms with van der Waals surface area (Å²) in [7, 11) is 0. The Kier molecular flexibility index (Phi) is 3.99. The maximum absolute atomic E-state index is 11.1. The molecule has 0 aliphatic carbocycles. The van der Waals surface area contributed by atoms with E-state index in [4.69, 9.17) is 9.84 Å². The monoisotopic (exact) mass is 249 g/mol. The molecule has 98 valence electrons. The number of hydrogen-bond donors (Lipinski definition) is 1. The second kappa shape index (κ2) is 5.50. The number of ether oxygens (including phenoxy) is 1. The van der Waals surface area contributed by atoms with E-state index in [0.29, 0.717) is 13.1 Å². The topological polar surface area (TPSA) is 49.8 Å². The Hall–Kier alpha value is -1.39. The van der Waals surface area contributed by atoms with E-state index >= 15 is 0 Å². The van der Waals surface area contributed by atoms with Crippen LogP contribution in [0.15, 0.2) is 30.3 Å². The Morgan fingerprint density at radius 1 is 1.39 bits per heavy atom. The molecule has 4 heteroatoms. The Labute approximate surface area is 107 Å². The first-order valence-corrected chi connectivity index (χ1v) is 6.25. The van der Waals surface area contributed by atoms with Crippen molar-refractivity contribution in [2.45, 2.75) is 32.1 Å². The first kappa shape index (κ1) is 13.1. The summed E-state index contributed by atoms with van der Waals surface area (Å²) < 4.78 is 5.90. The van der Waals surface area contributed by atoms with Crippen molar-refractivity contribution < 1.29 is 14.6 Å². The summed E-state index contributed by atoms with van der Waals surface area (Å²) in [4.78, 5) is 13.0. The summed E-state index contributed by atoms with van der Waals surface area (Å²) in [6, 6.07) is 9.49. The van der Waals surface area contributed by atoms with Gasteiger partial charge in [-0.2, -0.15) is 0 Å². The molecule has 0 aromatic heterocycles. The van der Waals surface area contributed by atoms with E-state index in [0.717, 1.165) is 5.56 Å². The van der Waals surface area contributed by atoms with Gasteiger partial charge < -0.3 is 9.84 Å². The van der Waals surface area contributed by atoms with Gasteiger partial charge in [0.15, 0.2) is 0 Å². The molecular weight excluding hydrogens is 230 g/mol. The maximum Gasteiger partial charge on any atom is 0.320 e. The maximum atomic E-state index is 11.1. The van der Waals surface area contributed by atoms with Gasteiger partial charge in [0.1, 0.15) is 6.04 Å². The summed E-state index contributed by atoms with van der Waals surface area (Å²) in [6.07, 6.45) is 0.00232. The van der Waals surface area contributed by atoms with Gasteiger partial charge in [-0.1, -0.05) is 30.3 Å². The zero-order valence-corrected chi connectivity index (χ0v) is 10.7. The first-order valence-electron chi connectivity index (χ1n) is 6.25. The predicted molar refractivity (Wildman–Crippen MR) is 68.4 cm³/mol. The molecule has 1 aromatic rings. The molecule has 2 rings (SSSR count). The van der Waals surface area contributed by atoms with Crippen LogP contribution in [0.5, 0.6) is 0 Å². The van der Waals surface area contributed by atoms with Crippen LogP contribution in [0.2, 0.25) is 0 Å². The lowest BCUT2D eigenvalue weighted by Gasteiger charge is -2.38. The SMILES string of the molecule is C[C@@H]1CN([C@H](C)C(=O)O)C[C@H](c2ccccc2)O1. The molecule has 4 nitrogen and oxygen atoms in total. The summed E-state index contributed by atoms with van der Waals surface area (Å²) in [5, 5.41) is 9.09. The fraction of sp³-hybridized carbons (Fsp3) is 0.500. The molecule has 0 saturated carbocycles. The van der Waals surface area contributed by atoms with E-state index < -0.39 is 12.0 Å². The number of morpholine rings is 1. The van der Waals surface area contributed by atoms with Gasteiger partial charge in [0.2, 0.25) is 0 Å². The lowest BCUT2D eigenvalue weighted by molar-refractivity contribution is -0.148. The molecular formula is C14H19NO3. The summed E-state index contributed by atoms with van der Waals surface area (Å²) >= 11 is 0. The van der Waals surface area contributed by atoms with Crippen LogP contribution in [0.4, 0.5) is 0 Å². The highest BCUT2D eigenvalue weighted by Crippen LogP contribution is 2.26. The molecule has 0 spiro atoms. The van der Waals surface area contributed by atoms with Crippen molar-refractivity contribution in [1.29, 1.82) is 0 Å². The van der Waals surface area contributed by atoms with Gasteiger partial charge in [-0.25, -0.2) is 0 Å². The second-order valence-corrected chi connectivity index (χ2v) is 4.81. The van der Waals surface area contributed by atoms with Crippen molar-refractivity contribution in [3.05, 3.63) is 35.9 Å². The molecule has 0 unspecified atom stereocenters. The Morgan fingerprint density at radius 2 is 2.06 bits per heavy atom. The molecule has 1 aromatic carbocycles. The third-order valence-electron chi connectivity index (χ3n) is 3.36. The highest BCUT2D eigenvalue weighted by Gasteiger charge is 2.31. The van der Waals surface area contributed by atoms with Crippen molar-refractivity contribution in [3.8, 4) is 0 Å². The van der Waals surface area contributed by atoms with Crippen LogP contribution in [0.1, 0.15) is 25.5 Å². The lowest BCUT2D eigenvalue weighted by atomic mass is 10.1. The minimum atomic E-state index is -0.782. The lowest BCUT2D eigenvalue weighted by Crippen LogP contribution is -2.49. The fourth-order valence-corrected chi connectivity index (χ4v) is 2.31. The fourth-order valence-electron chi connectivity index (χ4n) is 2.31. The van der Waals surface area contributed by atoms with Crippen LogP contribution in [0.25, 0.3) is 0 Å². The molecule has 0 bridgehead atoms. The summed E-state index contributed by atoms with van der Waals surface area (Å²) in [5.41, 5.74) is 1.10. The highest BCUT2D eigenvalue weighted by atomic mass is 16.5. The number of carboxylic acids is 1. The smallest absolute Gasteiger partial charge is 0.320 e. The molecule has 0 radical (unpaired) electrons. The standard InChI is InChI=1S/C14H19NO3/c1-10-8-15(11(2)14(16)17)9-13(18-10)12-6-4-3-5-7-12/h3-7,10-11,13H,8-9H2,1-2H3,(H,16,17)/t10-,11-,13-/m1/s1. The number of nitrogens with zero attached hydrogens (tertiary/aromatic N) is 1. The van der Waals surface area contributed by atoms with Gasteiger partial charge in [-0.15, -0.1) is 0 Å². The van der Waals surface area contributed by atoms with Crippen LogP contribution in [-0.2, 0) is 9.53 Å². The predicted octanol–water partition coefficient (Wildman–Crippen LogP) is 1.92. The average molecular weight is 249 g/mol. The number of aliphatic carboxylic acids is 1. The number of hydrogen-bond acceptors (Lipinski definition) is 3. The Morgan fingerprint density at radius 3 is 2.67 bits per heavy atom. The van der Waals surface area contributed by atoms with Crippen molar-refractivity contribution in [2.24, 2.45) is 0 Å². The van der Waals surface area contributed by atoms with Crippen molar-refractivity contribution in [1.82, 2.24) is 4.90 Å². The molecule has 1 aliphatic heterocycles. The number of carboxylic acid groups (broad SMARTS) is 1. The van der Waals surface area contributed by atoms with Gasteiger partial charge in [-0.05, 0) is 19.4 Å². The van der Waals surface area contributed by atoms with Gasteiger partial charge in [0, 0.05) is 13.1 Å². The zero-order chi connectivity index (χ0) is 13.1. The molecule has 1 N–H and O–H groups in total. The Balaban J connectivity index is 2.12. The van der Waals surface area contributed by atoms with E-state index in [1.54, 1.807) is 6.92 Å². The molecule has 1 saturated heterocycles. The minimum absolute atomic E-state index is 0.0447. The summed E-state index contributed by atoms with van der Waals surface area (Å²) in [6.45, 7) is 5.00. The number of carbonyl (C=O) groups is 1. The molecule has 1 fully saturated rings. The van der Waals surface area contributed by atoms with E-state index in [1.807, 2.05) is 42.2 Å². The van der Waals surface area contributed by atoms with Gasteiger partial charge in [0.05, 0.1) is 12.2 Å². The first-order chi connectivity index (χ1) is 8.58. The quantitative estimate of drug-likeness (QED) is 0.889. The van der Waals surface area contributed by atoms with Crippen LogP contribution >= 0.6 is 0 Å². The largest absolute Gasteiger partial charge is 0.480 e. The molecule has 3 atom stereocenters. The van der Waals surface area contributed by atoms with Crippen LogP contribution in [0, 0.1) is 0 Å². The van der Waals surface area contributed by atoms with E-state index in [1.165, 1.54) is 0 Å². The molecule has 1 aliphatic rings. The molecule has 1 heterocycles. The van der Waals surface area contributed by atoms with E-state index in [9.17, 15) is 4.79 Å². The Bertz CT molecular complexity index is 407. The third-order valence-corrected chi connectivity index (χ3v) is 3.36. The summed E-state index contributed by atoms with van der Waals surface area (Å²) in [5.74, 6) is -0.782. The molecule has 0 amide bonds. The van der Waals surface area contributed by atoms with Gasteiger partial charge >= 0.3 is 5.97 Å². The van der Waals surface area contributed by atoms with Crippen LogP contribution in [-0.4, -0.2) is 41.2 Å². The van der Waals surface area contributed by atoms with Crippen molar-refractivity contribution in [3.63, 3.8) is 0 Å². The second-order valence-electron chi connectivity index (χ2n) is 4.81. The van der Waals surface area contributed by atoms with E-state index in [2.05, 4.69) is 0 Å². The number of benzene rings is 1. The normalized spacial score (nSPS) is 26.8. The molecule has 18 heavy (non-hydrogen) atoms. The highest BCUT2D eigenvalue weighted by molar-refractivity contribution is 5.72. The average Bonchev–Trinajstić information content (AvgIpc) is 2.38. The van der Waals surface area contributed by atoms with E-state index in [-0.39, 0.29) is 12.2 Å². The van der Waals surface area contributed by atoms with Crippen LogP contribution < -0.4 is 0 Å². The zero-order valence-electron chi connectivity index (χ0n) is 10.7. The van der Waals surface area contributed by atoms with Crippen molar-refractivity contribution in [2.75, 3.05) is 13.1 Å². The van der Waals surface area contributed by atoms with Gasteiger partial charge in [0.25, 0.3) is 0 Å². The number of rotatable bonds is 3. The minimum Gasteiger partial charge on any atom is -0.480 e. The van der Waals surface area contributed by atoms with Crippen LogP contribution in [0.3, 0.4) is 0 Å². The third kappa shape index (κ3) is 2.89. The van der Waals surface area contributed by atoms with Gasteiger partial charge in [-0.3, -0.25) is 9.69 Å².